The number of piperidine rings is 1. The van der Waals surface area contributed by atoms with Crippen LogP contribution in [0.5, 0.6) is 5.75 Å². The van der Waals surface area contributed by atoms with Crippen LogP contribution in [0.4, 0.5) is 0 Å². The number of carbonyl (C=O) groups excluding carboxylic acids is 1. The summed E-state index contributed by atoms with van der Waals surface area (Å²) in [5, 5.41) is 0. The summed E-state index contributed by atoms with van der Waals surface area (Å²) in [5.41, 5.74) is 3.16. The first kappa shape index (κ1) is 23.4. The van der Waals surface area contributed by atoms with Gasteiger partial charge in [0.1, 0.15) is 12.4 Å². The Balaban J connectivity index is 1.09. The number of hydrogen-bond acceptors (Lipinski definition) is 3. The quantitative estimate of drug-likeness (QED) is 0.538. The molecule has 0 spiro atoms. The van der Waals surface area contributed by atoms with Gasteiger partial charge in [0.25, 0.3) is 0 Å². The molecule has 2 aromatic carbocycles. The third-order valence-electron chi connectivity index (χ3n) is 8.21. The van der Waals surface area contributed by atoms with Gasteiger partial charge in [0.05, 0.1) is 0 Å². The van der Waals surface area contributed by atoms with Crippen LogP contribution >= 0.6 is 0 Å². The highest BCUT2D eigenvalue weighted by Crippen LogP contribution is 2.52. The van der Waals surface area contributed by atoms with E-state index in [1.165, 1.54) is 24.0 Å². The Hall–Kier alpha value is -2.33. The van der Waals surface area contributed by atoms with E-state index in [4.69, 9.17) is 4.74 Å². The van der Waals surface area contributed by atoms with Crippen molar-refractivity contribution < 1.29 is 9.53 Å². The first-order chi connectivity index (χ1) is 16.3. The topological polar surface area (TPSA) is 32.8 Å². The highest BCUT2D eigenvalue weighted by atomic mass is 16.5. The predicted molar refractivity (Wildman–Crippen MR) is 136 cm³/mol. The van der Waals surface area contributed by atoms with E-state index in [9.17, 15) is 4.79 Å². The maximum absolute atomic E-state index is 13.5. The van der Waals surface area contributed by atoms with Gasteiger partial charge in [-0.2, -0.15) is 0 Å². The molecule has 1 saturated carbocycles. The number of benzene rings is 2. The molecule has 0 radical (unpaired) electrons. The lowest BCUT2D eigenvalue weighted by Gasteiger charge is -2.40. The van der Waals surface area contributed by atoms with Gasteiger partial charge in [-0.1, -0.05) is 63.2 Å². The van der Waals surface area contributed by atoms with Crippen molar-refractivity contribution in [1.82, 2.24) is 9.80 Å². The molecule has 34 heavy (non-hydrogen) atoms. The van der Waals surface area contributed by atoms with Crippen LogP contribution in [0.3, 0.4) is 0 Å². The summed E-state index contributed by atoms with van der Waals surface area (Å²) >= 11 is 0. The van der Waals surface area contributed by atoms with Gasteiger partial charge in [-0.05, 0) is 79.3 Å². The Kier molecular flexibility index (Phi) is 6.45. The maximum Gasteiger partial charge on any atom is 0.226 e. The minimum Gasteiger partial charge on any atom is -0.489 e. The van der Waals surface area contributed by atoms with Crippen LogP contribution in [0.15, 0.2) is 54.6 Å². The van der Waals surface area contributed by atoms with Gasteiger partial charge in [0.2, 0.25) is 5.91 Å². The predicted octanol–water partition coefficient (Wildman–Crippen LogP) is 5.90. The second kappa shape index (κ2) is 9.37. The second-order valence-corrected chi connectivity index (χ2v) is 12.1. The number of nitrogens with zero attached hydrogens (tertiary/aromatic N) is 2. The summed E-state index contributed by atoms with van der Waals surface area (Å²) in [6.45, 7) is 11.7. The van der Waals surface area contributed by atoms with Gasteiger partial charge in [-0.15, -0.1) is 0 Å². The van der Waals surface area contributed by atoms with Gasteiger partial charge < -0.3 is 9.64 Å². The number of likely N-dealkylation sites (tertiary alicyclic amines) is 2. The zero-order chi connectivity index (χ0) is 23.8. The van der Waals surface area contributed by atoms with Crippen LogP contribution in [0.25, 0.3) is 0 Å². The molecule has 4 heteroatoms. The van der Waals surface area contributed by atoms with Crippen molar-refractivity contribution >= 4 is 5.91 Å². The highest BCUT2D eigenvalue weighted by molar-refractivity contribution is 5.79. The Morgan fingerprint density at radius 3 is 2.35 bits per heavy atom. The summed E-state index contributed by atoms with van der Waals surface area (Å²) in [6.07, 6.45) is 5.58. The first-order valence-electron chi connectivity index (χ1n) is 13.1. The Labute approximate surface area is 205 Å². The van der Waals surface area contributed by atoms with Gasteiger partial charge in [0, 0.05) is 25.0 Å². The fraction of sp³-hybridized carbons (Fsp3) is 0.567. The molecule has 2 atom stereocenters. The molecule has 1 amide bonds. The lowest BCUT2D eigenvalue weighted by Crippen LogP contribution is -2.44. The van der Waals surface area contributed by atoms with E-state index >= 15 is 0 Å². The Morgan fingerprint density at radius 1 is 0.941 bits per heavy atom. The molecule has 1 aliphatic carbocycles. The standard InChI is InChI=1S/C30H40N2O2/c1-29(2)17-26-18-30(3,21-29)22-32(26)28(33)25-13-15-31(16-14-25)19-23-9-11-27(12-10-23)34-20-24-7-5-4-6-8-24/h4-12,25-26H,13-22H2,1-3H3/t26-,30+/m0/s1. The van der Waals surface area contributed by atoms with Crippen molar-refractivity contribution in [1.29, 1.82) is 0 Å². The number of carbonyl (C=O) groups is 1. The third-order valence-corrected chi connectivity index (χ3v) is 8.21. The highest BCUT2D eigenvalue weighted by Gasteiger charge is 2.51. The molecule has 4 nitrogen and oxygen atoms in total. The molecule has 0 aromatic heterocycles. The van der Waals surface area contributed by atoms with Crippen molar-refractivity contribution in [2.45, 2.75) is 72.1 Å². The molecule has 5 rings (SSSR count). The number of ether oxygens (including phenoxy) is 1. The van der Waals surface area contributed by atoms with Crippen molar-refractivity contribution in [2.24, 2.45) is 16.7 Å². The molecule has 0 N–H and O–H groups in total. The van der Waals surface area contributed by atoms with Crippen LogP contribution < -0.4 is 4.74 Å². The summed E-state index contributed by atoms with van der Waals surface area (Å²) in [7, 11) is 0. The number of fused-ring (bicyclic) bond motifs is 2. The minimum absolute atomic E-state index is 0.205. The Bertz CT molecular complexity index is 979. The molecule has 2 saturated heterocycles. The largest absolute Gasteiger partial charge is 0.489 e. The van der Waals surface area contributed by atoms with Crippen molar-refractivity contribution in [3.8, 4) is 5.75 Å². The third kappa shape index (κ3) is 5.33. The fourth-order valence-corrected chi connectivity index (χ4v) is 6.98. The van der Waals surface area contributed by atoms with Crippen molar-refractivity contribution in [2.75, 3.05) is 19.6 Å². The van der Waals surface area contributed by atoms with E-state index in [0.29, 0.717) is 29.4 Å². The smallest absolute Gasteiger partial charge is 0.226 e. The monoisotopic (exact) mass is 460 g/mol. The number of amides is 1. The SMILES string of the molecule is CC1(C)C[C@H]2C[C@@](C)(CN2C(=O)C2CCN(Cc3ccc(OCc4ccccc4)cc3)CC2)C1. The van der Waals surface area contributed by atoms with E-state index in [-0.39, 0.29) is 5.92 Å². The summed E-state index contributed by atoms with van der Waals surface area (Å²) in [4.78, 5) is 18.2. The van der Waals surface area contributed by atoms with Gasteiger partial charge in [-0.25, -0.2) is 0 Å². The first-order valence-corrected chi connectivity index (χ1v) is 13.1. The molecule has 2 aliphatic heterocycles. The van der Waals surface area contributed by atoms with E-state index in [1.807, 2.05) is 18.2 Å². The van der Waals surface area contributed by atoms with Crippen LogP contribution in [-0.2, 0) is 17.9 Å². The van der Waals surface area contributed by atoms with E-state index < -0.39 is 0 Å². The lowest BCUT2D eigenvalue weighted by atomic mass is 9.65. The number of rotatable bonds is 6. The molecule has 3 aliphatic rings. The number of hydrogen-bond donors (Lipinski definition) is 0. The fourth-order valence-electron chi connectivity index (χ4n) is 6.98. The molecule has 0 unspecified atom stereocenters. The molecular weight excluding hydrogens is 420 g/mol. The summed E-state index contributed by atoms with van der Waals surface area (Å²) < 4.78 is 5.92. The molecule has 2 bridgehead atoms. The van der Waals surface area contributed by atoms with E-state index in [0.717, 1.165) is 51.2 Å². The summed E-state index contributed by atoms with van der Waals surface area (Å²) in [6, 6.07) is 19.2. The lowest BCUT2D eigenvalue weighted by molar-refractivity contribution is -0.138. The molecule has 2 heterocycles. The van der Waals surface area contributed by atoms with Crippen molar-refractivity contribution in [3.63, 3.8) is 0 Å². The van der Waals surface area contributed by atoms with Gasteiger partial charge in [0.15, 0.2) is 0 Å². The molecule has 182 valence electrons. The molecule has 2 aromatic rings. The average molecular weight is 461 g/mol. The van der Waals surface area contributed by atoms with Crippen LogP contribution in [-0.4, -0.2) is 41.4 Å². The Morgan fingerprint density at radius 2 is 1.65 bits per heavy atom. The average Bonchev–Trinajstić information content (AvgIpc) is 3.08. The summed E-state index contributed by atoms with van der Waals surface area (Å²) in [5.74, 6) is 1.55. The van der Waals surface area contributed by atoms with Gasteiger partial charge in [-0.3, -0.25) is 9.69 Å². The second-order valence-electron chi connectivity index (χ2n) is 12.1. The van der Waals surface area contributed by atoms with Crippen LogP contribution in [0, 0.1) is 16.7 Å². The van der Waals surface area contributed by atoms with E-state index in [1.54, 1.807) is 0 Å². The molecular formula is C30H40N2O2. The van der Waals surface area contributed by atoms with E-state index in [2.05, 4.69) is 67.0 Å². The maximum atomic E-state index is 13.5. The van der Waals surface area contributed by atoms with Crippen LogP contribution in [0.2, 0.25) is 0 Å². The zero-order valence-corrected chi connectivity index (χ0v) is 21.1. The van der Waals surface area contributed by atoms with Crippen molar-refractivity contribution in [3.05, 3.63) is 65.7 Å². The normalized spacial score (nSPS) is 27.0. The minimum atomic E-state index is 0.205. The zero-order valence-electron chi connectivity index (χ0n) is 21.1. The van der Waals surface area contributed by atoms with Crippen LogP contribution in [0.1, 0.15) is 64.0 Å². The van der Waals surface area contributed by atoms with Gasteiger partial charge >= 0.3 is 0 Å². The molecule has 3 fully saturated rings.